The van der Waals surface area contributed by atoms with E-state index >= 15 is 0 Å². The minimum Gasteiger partial charge on any atom is -0.360 e. The molecule has 6 heteroatoms. The first-order valence-corrected chi connectivity index (χ1v) is 9.05. The number of halogens is 1. The van der Waals surface area contributed by atoms with E-state index in [1.165, 1.54) is 12.1 Å². The number of benzene rings is 1. The summed E-state index contributed by atoms with van der Waals surface area (Å²) in [4.78, 5) is 16.9. The van der Waals surface area contributed by atoms with E-state index in [1.54, 1.807) is 11.0 Å². The highest BCUT2D eigenvalue weighted by molar-refractivity contribution is 5.95. The molecule has 0 spiro atoms. The van der Waals surface area contributed by atoms with Gasteiger partial charge in [0.25, 0.3) is 0 Å². The number of H-pyrrole nitrogens is 1. The van der Waals surface area contributed by atoms with Crippen molar-refractivity contribution in [3.05, 3.63) is 42.6 Å². The van der Waals surface area contributed by atoms with E-state index in [0.29, 0.717) is 6.04 Å². The Hall–Kier alpha value is -2.63. The van der Waals surface area contributed by atoms with Crippen molar-refractivity contribution in [1.29, 1.82) is 0 Å². The molecule has 1 amide bonds. The molecule has 0 unspecified atom stereocenters. The van der Waals surface area contributed by atoms with Gasteiger partial charge in [0.15, 0.2) is 0 Å². The molecule has 3 aromatic rings. The highest BCUT2D eigenvalue weighted by Crippen LogP contribution is 2.34. The third-order valence-electron chi connectivity index (χ3n) is 5.42. The summed E-state index contributed by atoms with van der Waals surface area (Å²) in [6.07, 6.45) is 9.56. The van der Waals surface area contributed by atoms with E-state index in [9.17, 15) is 9.18 Å². The van der Waals surface area contributed by atoms with Crippen LogP contribution in [0, 0.1) is 11.7 Å². The summed E-state index contributed by atoms with van der Waals surface area (Å²) in [5.41, 5.74) is 2.84. The van der Waals surface area contributed by atoms with Crippen LogP contribution in [-0.4, -0.2) is 39.7 Å². The molecule has 1 N–H and O–H groups in total. The van der Waals surface area contributed by atoms with Crippen LogP contribution in [0.2, 0.25) is 0 Å². The summed E-state index contributed by atoms with van der Waals surface area (Å²) in [5.74, 6) is 0.126. The zero-order chi connectivity index (χ0) is 18.3. The normalized spacial score (nSPS) is 20.4. The van der Waals surface area contributed by atoms with E-state index in [1.807, 2.05) is 31.2 Å². The van der Waals surface area contributed by atoms with Crippen LogP contribution in [-0.2, 0) is 4.79 Å². The maximum Gasteiger partial charge on any atom is 0.225 e. The maximum absolute atomic E-state index is 13.4. The largest absolute Gasteiger partial charge is 0.360 e. The maximum atomic E-state index is 13.4. The van der Waals surface area contributed by atoms with Crippen molar-refractivity contribution in [2.24, 2.45) is 5.92 Å². The summed E-state index contributed by atoms with van der Waals surface area (Å²) in [6, 6.07) is 5.11. The number of nitrogens with zero attached hydrogens (tertiary/aromatic N) is 3. The molecule has 0 radical (unpaired) electrons. The van der Waals surface area contributed by atoms with Gasteiger partial charge in [-0.1, -0.05) is 0 Å². The van der Waals surface area contributed by atoms with E-state index in [0.717, 1.165) is 47.7 Å². The third kappa shape index (κ3) is 3.00. The molecule has 4 rings (SSSR count). The number of carbonyl (C=O) groups excluding carboxylic acids is 1. The molecule has 1 fully saturated rings. The average Bonchev–Trinajstić information content (AvgIpc) is 3.27. The van der Waals surface area contributed by atoms with E-state index < -0.39 is 0 Å². The van der Waals surface area contributed by atoms with Gasteiger partial charge in [0.1, 0.15) is 5.82 Å². The monoisotopic (exact) mass is 354 g/mol. The first-order chi connectivity index (χ1) is 12.5. The van der Waals surface area contributed by atoms with Crippen LogP contribution in [0.25, 0.3) is 22.0 Å². The highest BCUT2D eigenvalue weighted by Gasteiger charge is 2.28. The third-order valence-corrected chi connectivity index (χ3v) is 5.42. The number of fused-ring (bicyclic) bond motifs is 1. The van der Waals surface area contributed by atoms with Crippen molar-refractivity contribution < 1.29 is 9.18 Å². The van der Waals surface area contributed by atoms with Crippen molar-refractivity contribution in [3.63, 3.8) is 0 Å². The molecule has 2 aromatic heterocycles. The molecular weight excluding hydrogens is 331 g/mol. The Bertz CT molecular complexity index is 934. The topological polar surface area (TPSA) is 53.9 Å². The highest BCUT2D eigenvalue weighted by atomic mass is 19.1. The Labute approximate surface area is 151 Å². The Morgan fingerprint density at radius 1 is 1.27 bits per heavy atom. The number of hydrogen-bond donors (Lipinski definition) is 1. The zero-order valence-electron chi connectivity index (χ0n) is 15.1. The first-order valence-electron chi connectivity index (χ1n) is 9.05. The molecule has 0 aliphatic heterocycles. The second-order valence-electron chi connectivity index (χ2n) is 7.34. The number of amides is 1. The standard InChI is InChI=1S/C20H23FN4O/c1-24(2)20(26)13-3-6-16(7-4-13)25-12-14(10-23-25)18-11-22-19-9-15(21)5-8-17(18)19/h5,8-13,16,22H,3-4,6-7H2,1-2H3. The van der Waals surface area contributed by atoms with Crippen LogP contribution in [0.15, 0.2) is 36.8 Å². The molecule has 136 valence electrons. The van der Waals surface area contributed by atoms with Crippen LogP contribution in [0.1, 0.15) is 31.7 Å². The van der Waals surface area contributed by atoms with Gasteiger partial charge in [-0.05, 0) is 43.9 Å². The van der Waals surface area contributed by atoms with Gasteiger partial charge in [0.2, 0.25) is 5.91 Å². The Balaban J connectivity index is 1.51. The molecule has 5 nitrogen and oxygen atoms in total. The number of aromatic amines is 1. The molecular formula is C20H23FN4O. The molecule has 0 atom stereocenters. The van der Waals surface area contributed by atoms with Crippen LogP contribution in [0.4, 0.5) is 4.39 Å². The number of rotatable bonds is 3. The predicted octanol–water partition coefficient (Wildman–Crippen LogP) is 3.99. The van der Waals surface area contributed by atoms with Crippen molar-refractivity contribution >= 4 is 16.8 Å². The lowest BCUT2D eigenvalue weighted by Crippen LogP contribution is -2.32. The number of aromatic nitrogens is 3. The smallest absolute Gasteiger partial charge is 0.225 e. The molecule has 0 bridgehead atoms. The number of nitrogens with one attached hydrogen (secondary N) is 1. The number of hydrogen-bond acceptors (Lipinski definition) is 2. The first kappa shape index (κ1) is 16.8. The lowest BCUT2D eigenvalue weighted by atomic mass is 9.85. The minimum absolute atomic E-state index is 0.139. The Kier molecular flexibility index (Phi) is 4.26. The summed E-state index contributed by atoms with van der Waals surface area (Å²) in [5, 5.41) is 5.55. The fourth-order valence-electron chi connectivity index (χ4n) is 3.97. The summed E-state index contributed by atoms with van der Waals surface area (Å²) in [7, 11) is 3.64. The van der Waals surface area contributed by atoms with E-state index in [2.05, 4.69) is 16.3 Å². The van der Waals surface area contributed by atoms with Crippen molar-refractivity contribution in [2.45, 2.75) is 31.7 Å². The molecule has 1 aromatic carbocycles. The average molecular weight is 354 g/mol. The van der Waals surface area contributed by atoms with Crippen LogP contribution in [0.3, 0.4) is 0 Å². The summed E-state index contributed by atoms with van der Waals surface area (Å²) in [6.45, 7) is 0. The van der Waals surface area contributed by atoms with Gasteiger partial charge >= 0.3 is 0 Å². The fraction of sp³-hybridized carbons (Fsp3) is 0.400. The quantitative estimate of drug-likeness (QED) is 0.773. The number of carbonyl (C=O) groups is 1. The van der Waals surface area contributed by atoms with Gasteiger partial charge in [-0.25, -0.2) is 4.39 Å². The Morgan fingerprint density at radius 2 is 2.04 bits per heavy atom. The van der Waals surface area contributed by atoms with Crippen molar-refractivity contribution in [2.75, 3.05) is 14.1 Å². The Morgan fingerprint density at radius 3 is 2.77 bits per heavy atom. The lowest BCUT2D eigenvalue weighted by Gasteiger charge is -2.29. The van der Waals surface area contributed by atoms with Gasteiger partial charge in [-0.3, -0.25) is 9.48 Å². The fourth-order valence-corrected chi connectivity index (χ4v) is 3.97. The van der Waals surface area contributed by atoms with Gasteiger partial charge in [-0.15, -0.1) is 0 Å². The lowest BCUT2D eigenvalue weighted by molar-refractivity contribution is -0.134. The van der Waals surface area contributed by atoms with Crippen molar-refractivity contribution in [1.82, 2.24) is 19.7 Å². The molecule has 2 heterocycles. The molecule has 1 aliphatic rings. The van der Waals surface area contributed by atoms with Gasteiger partial charge in [0.05, 0.1) is 12.2 Å². The molecule has 1 aliphatic carbocycles. The minimum atomic E-state index is -0.245. The SMILES string of the molecule is CN(C)C(=O)C1CCC(n2cc(-c3c[nH]c4cc(F)ccc34)cn2)CC1. The van der Waals surface area contributed by atoms with Gasteiger partial charge < -0.3 is 9.88 Å². The molecule has 26 heavy (non-hydrogen) atoms. The second-order valence-corrected chi connectivity index (χ2v) is 7.34. The van der Waals surface area contributed by atoms with E-state index in [-0.39, 0.29) is 17.6 Å². The zero-order valence-corrected chi connectivity index (χ0v) is 15.1. The van der Waals surface area contributed by atoms with E-state index in [4.69, 9.17) is 0 Å². The predicted molar refractivity (Wildman–Crippen MR) is 99.2 cm³/mol. The molecule has 1 saturated carbocycles. The summed E-state index contributed by atoms with van der Waals surface area (Å²) >= 11 is 0. The van der Waals surface area contributed by atoms with Crippen molar-refractivity contribution in [3.8, 4) is 11.1 Å². The molecule has 0 saturated heterocycles. The second kappa shape index (κ2) is 6.59. The summed E-state index contributed by atoms with van der Waals surface area (Å²) < 4.78 is 15.4. The van der Waals surface area contributed by atoms with Crippen LogP contribution < -0.4 is 0 Å². The van der Waals surface area contributed by atoms with Gasteiger partial charge in [0, 0.05) is 54.4 Å². The van der Waals surface area contributed by atoms with Gasteiger partial charge in [-0.2, -0.15) is 5.10 Å². The van der Waals surface area contributed by atoms with Crippen LogP contribution >= 0.6 is 0 Å². The van der Waals surface area contributed by atoms with Crippen LogP contribution in [0.5, 0.6) is 0 Å².